The van der Waals surface area contributed by atoms with Gasteiger partial charge in [-0.1, -0.05) is 6.92 Å². The van der Waals surface area contributed by atoms with E-state index in [0.717, 1.165) is 28.4 Å². The molecular weight excluding hydrogens is 224 g/mol. The molecule has 0 spiro atoms. The monoisotopic (exact) mass is 240 g/mol. The third kappa shape index (κ3) is 2.19. The van der Waals surface area contributed by atoms with Crippen molar-refractivity contribution >= 4 is 22.4 Å². The summed E-state index contributed by atoms with van der Waals surface area (Å²) in [6.07, 6.45) is 1.28. The molecule has 0 saturated heterocycles. The number of hydrogen-bond donors (Lipinski definition) is 1. The van der Waals surface area contributed by atoms with Gasteiger partial charge in [-0.25, -0.2) is 9.78 Å². The van der Waals surface area contributed by atoms with E-state index in [2.05, 4.69) is 16.8 Å². The molecular formula is C11H16N2O2S. The van der Waals surface area contributed by atoms with E-state index >= 15 is 0 Å². The minimum Gasteiger partial charge on any atom is -0.476 e. The summed E-state index contributed by atoms with van der Waals surface area (Å²) in [5.41, 5.74) is 0.190. The number of aromatic carboxylic acids is 1. The quantitative estimate of drug-likeness (QED) is 0.877. The molecule has 1 aromatic rings. The van der Waals surface area contributed by atoms with Gasteiger partial charge in [0.2, 0.25) is 0 Å². The molecule has 1 aliphatic carbocycles. The highest BCUT2D eigenvalue weighted by Gasteiger charge is 2.33. The zero-order valence-electron chi connectivity index (χ0n) is 9.73. The predicted octanol–water partition coefficient (Wildman–Crippen LogP) is 2.24. The maximum absolute atomic E-state index is 10.9. The van der Waals surface area contributed by atoms with Gasteiger partial charge in [0.15, 0.2) is 10.8 Å². The van der Waals surface area contributed by atoms with Crippen LogP contribution in [0.3, 0.4) is 0 Å². The van der Waals surface area contributed by atoms with Gasteiger partial charge in [0.25, 0.3) is 0 Å². The van der Waals surface area contributed by atoms with Crippen molar-refractivity contribution in [3.8, 4) is 0 Å². The van der Waals surface area contributed by atoms with Crippen LogP contribution in [0.25, 0.3) is 0 Å². The molecule has 4 nitrogen and oxygen atoms in total. The molecule has 0 aliphatic heterocycles. The summed E-state index contributed by atoms with van der Waals surface area (Å²) in [4.78, 5) is 17.9. The molecule has 16 heavy (non-hydrogen) atoms. The van der Waals surface area contributed by atoms with E-state index in [-0.39, 0.29) is 5.69 Å². The number of hydrogen-bond acceptors (Lipinski definition) is 4. The molecule has 1 fully saturated rings. The molecule has 1 aliphatic rings. The fourth-order valence-electron chi connectivity index (χ4n) is 1.83. The predicted molar refractivity (Wildman–Crippen MR) is 64.4 cm³/mol. The first-order valence-corrected chi connectivity index (χ1v) is 6.22. The summed E-state index contributed by atoms with van der Waals surface area (Å²) in [6, 6.07) is 0. The van der Waals surface area contributed by atoms with Crippen LogP contribution in [0.1, 0.15) is 28.7 Å². The Labute approximate surface area is 98.9 Å². The molecule has 88 valence electrons. The van der Waals surface area contributed by atoms with Gasteiger partial charge in [0.05, 0.1) is 0 Å². The highest BCUT2D eigenvalue weighted by atomic mass is 32.1. The third-order valence-electron chi connectivity index (χ3n) is 3.10. The molecule has 0 aromatic carbocycles. The lowest BCUT2D eigenvalue weighted by atomic mass is 10.3. The number of aromatic nitrogens is 1. The van der Waals surface area contributed by atoms with Gasteiger partial charge in [-0.3, -0.25) is 0 Å². The Balaban J connectivity index is 2.08. The van der Waals surface area contributed by atoms with Crippen LogP contribution in [0.15, 0.2) is 0 Å². The third-order valence-corrected chi connectivity index (χ3v) is 4.18. The van der Waals surface area contributed by atoms with E-state index in [1.54, 1.807) is 6.92 Å². The summed E-state index contributed by atoms with van der Waals surface area (Å²) < 4.78 is 0. The number of thiazole rings is 1. The normalized spacial score (nSPS) is 23.2. The van der Waals surface area contributed by atoms with E-state index in [0.29, 0.717) is 0 Å². The standard InChI is InChI=1S/C11H16N2O2S/c1-6-4-8(6)5-13(3)11-12-9(10(14)15)7(2)16-11/h6,8H,4-5H2,1-3H3,(H,14,15). The summed E-state index contributed by atoms with van der Waals surface area (Å²) >= 11 is 1.46. The lowest BCUT2D eigenvalue weighted by Gasteiger charge is -2.14. The van der Waals surface area contributed by atoms with Crippen LogP contribution in [0, 0.1) is 18.8 Å². The van der Waals surface area contributed by atoms with Crippen molar-refractivity contribution in [2.24, 2.45) is 11.8 Å². The highest BCUT2D eigenvalue weighted by molar-refractivity contribution is 7.15. The molecule has 1 aromatic heterocycles. The summed E-state index contributed by atoms with van der Waals surface area (Å²) in [5, 5.41) is 9.74. The van der Waals surface area contributed by atoms with Gasteiger partial charge in [-0.05, 0) is 25.2 Å². The average Bonchev–Trinajstić information content (AvgIpc) is 2.74. The fourth-order valence-corrected chi connectivity index (χ4v) is 2.70. The average molecular weight is 240 g/mol. The highest BCUT2D eigenvalue weighted by Crippen LogP contribution is 2.39. The molecule has 0 bridgehead atoms. The molecule has 0 amide bonds. The van der Waals surface area contributed by atoms with Crippen LogP contribution in [0.4, 0.5) is 5.13 Å². The van der Waals surface area contributed by atoms with E-state index < -0.39 is 5.97 Å². The number of carboxylic acid groups (broad SMARTS) is 1. The SMILES string of the molecule is Cc1sc(N(C)CC2CC2C)nc1C(=O)O. The van der Waals surface area contributed by atoms with Crippen molar-refractivity contribution in [3.05, 3.63) is 10.6 Å². The second-order valence-corrected chi connectivity index (χ2v) is 5.74. The topological polar surface area (TPSA) is 53.4 Å². The van der Waals surface area contributed by atoms with Gasteiger partial charge in [-0.2, -0.15) is 0 Å². The molecule has 2 rings (SSSR count). The minimum absolute atomic E-state index is 0.190. The van der Waals surface area contributed by atoms with Crippen molar-refractivity contribution in [2.75, 3.05) is 18.5 Å². The maximum atomic E-state index is 10.9. The van der Waals surface area contributed by atoms with Crippen molar-refractivity contribution in [1.82, 2.24) is 4.98 Å². The number of carbonyl (C=O) groups is 1. The Bertz CT molecular complexity index is 416. The lowest BCUT2D eigenvalue weighted by Crippen LogP contribution is -2.20. The van der Waals surface area contributed by atoms with Crippen LogP contribution < -0.4 is 4.90 Å². The Kier molecular flexibility index (Phi) is 2.88. The summed E-state index contributed by atoms with van der Waals surface area (Å²) in [5.74, 6) is 0.623. The summed E-state index contributed by atoms with van der Waals surface area (Å²) in [6.45, 7) is 5.03. The molecule has 2 atom stereocenters. The summed E-state index contributed by atoms with van der Waals surface area (Å²) in [7, 11) is 1.98. The van der Waals surface area contributed by atoms with E-state index in [9.17, 15) is 4.79 Å². The Morgan fingerprint density at radius 3 is 2.75 bits per heavy atom. The second-order valence-electron chi connectivity index (χ2n) is 4.56. The smallest absolute Gasteiger partial charge is 0.355 e. The number of aryl methyl sites for hydroxylation is 1. The first-order valence-electron chi connectivity index (χ1n) is 5.41. The van der Waals surface area contributed by atoms with E-state index in [1.165, 1.54) is 17.8 Å². The van der Waals surface area contributed by atoms with E-state index in [4.69, 9.17) is 5.11 Å². The van der Waals surface area contributed by atoms with Crippen molar-refractivity contribution in [1.29, 1.82) is 0 Å². The van der Waals surface area contributed by atoms with Crippen LogP contribution in [0.2, 0.25) is 0 Å². The first-order chi connectivity index (χ1) is 7.49. The van der Waals surface area contributed by atoms with Gasteiger partial charge >= 0.3 is 5.97 Å². The Morgan fingerprint density at radius 2 is 2.31 bits per heavy atom. The minimum atomic E-state index is -0.937. The molecule has 2 unspecified atom stereocenters. The molecule has 1 saturated carbocycles. The Morgan fingerprint density at radius 1 is 1.69 bits per heavy atom. The van der Waals surface area contributed by atoms with Crippen molar-refractivity contribution < 1.29 is 9.90 Å². The van der Waals surface area contributed by atoms with Crippen LogP contribution in [-0.4, -0.2) is 29.7 Å². The lowest BCUT2D eigenvalue weighted by molar-refractivity contribution is 0.0690. The molecule has 1 N–H and O–H groups in total. The second kappa shape index (κ2) is 4.05. The maximum Gasteiger partial charge on any atom is 0.355 e. The largest absolute Gasteiger partial charge is 0.476 e. The van der Waals surface area contributed by atoms with Gasteiger partial charge in [0.1, 0.15) is 0 Å². The van der Waals surface area contributed by atoms with Crippen LogP contribution in [0.5, 0.6) is 0 Å². The van der Waals surface area contributed by atoms with E-state index in [1.807, 2.05) is 7.05 Å². The van der Waals surface area contributed by atoms with Crippen molar-refractivity contribution in [3.63, 3.8) is 0 Å². The molecule has 0 radical (unpaired) electrons. The molecule has 5 heteroatoms. The van der Waals surface area contributed by atoms with Crippen LogP contribution >= 0.6 is 11.3 Å². The fraction of sp³-hybridized carbons (Fsp3) is 0.636. The molecule has 1 heterocycles. The van der Waals surface area contributed by atoms with Crippen molar-refractivity contribution in [2.45, 2.75) is 20.3 Å². The number of rotatable bonds is 4. The van der Waals surface area contributed by atoms with Gasteiger partial charge in [0, 0.05) is 18.5 Å². The zero-order chi connectivity index (χ0) is 11.9. The number of anilines is 1. The van der Waals surface area contributed by atoms with Gasteiger partial charge < -0.3 is 10.0 Å². The van der Waals surface area contributed by atoms with Gasteiger partial charge in [-0.15, -0.1) is 11.3 Å². The Hall–Kier alpha value is -1.10. The first kappa shape index (κ1) is 11.4. The zero-order valence-corrected chi connectivity index (χ0v) is 10.5. The van der Waals surface area contributed by atoms with Crippen LogP contribution in [-0.2, 0) is 0 Å². The number of nitrogens with zero attached hydrogens (tertiary/aromatic N) is 2. The number of carboxylic acids is 1.